The molecule has 2 heterocycles. The van der Waals surface area contributed by atoms with Gasteiger partial charge in [0.15, 0.2) is 5.78 Å². The van der Waals surface area contributed by atoms with Crippen molar-refractivity contribution in [2.45, 2.75) is 12.5 Å². The van der Waals surface area contributed by atoms with E-state index in [0.29, 0.717) is 24.4 Å². The number of hydrogen-bond acceptors (Lipinski definition) is 5. The first-order valence-corrected chi connectivity index (χ1v) is 6.76. The standard InChI is InChI=1S/C15H17NO4/c1-3-19-14(18)15-9-16(2)8-11(15)13(17)10-6-4-5-7-12(10)20-15/h4-7,11H,3,8-9H2,1-2H3/t11-,15-/m0/s1. The molecule has 1 aromatic rings. The largest absolute Gasteiger partial charge is 0.473 e. The Morgan fingerprint density at radius 2 is 2.25 bits per heavy atom. The van der Waals surface area contributed by atoms with E-state index in [4.69, 9.17) is 9.47 Å². The summed E-state index contributed by atoms with van der Waals surface area (Å²) in [6.45, 7) is 2.90. The predicted octanol–water partition coefficient (Wildman–Crippen LogP) is 1.13. The second-order valence-corrected chi connectivity index (χ2v) is 5.32. The van der Waals surface area contributed by atoms with Gasteiger partial charge in [0.2, 0.25) is 5.60 Å². The molecule has 0 radical (unpaired) electrons. The molecule has 20 heavy (non-hydrogen) atoms. The summed E-state index contributed by atoms with van der Waals surface area (Å²) in [4.78, 5) is 27.0. The quantitative estimate of drug-likeness (QED) is 0.757. The number of nitrogens with zero attached hydrogens (tertiary/aromatic N) is 1. The first-order valence-electron chi connectivity index (χ1n) is 6.76. The molecule has 2 atom stereocenters. The summed E-state index contributed by atoms with van der Waals surface area (Å²) in [5, 5.41) is 0. The number of likely N-dealkylation sites (N-methyl/N-ethyl adjacent to an activating group) is 1. The van der Waals surface area contributed by atoms with Gasteiger partial charge in [0.1, 0.15) is 5.75 Å². The minimum atomic E-state index is -1.20. The minimum absolute atomic E-state index is 0.0377. The average Bonchev–Trinajstić information content (AvgIpc) is 2.77. The van der Waals surface area contributed by atoms with Gasteiger partial charge in [0, 0.05) is 13.1 Å². The third kappa shape index (κ3) is 1.73. The number of fused-ring (bicyclic) bond motifs is 2. The highest BCUT2D eigenvalue weighted by molar-refractivity contribution is 6.06. The normalized spacial score (nSPS) is 28.5. The van der Waals surface area contributed by atoms with Crippen molar-refractivity contribution in [1.29, 1.82) is 0 Å². The van der Waals surface area contributed by atoms with Crippen molar-refractivity contribution in [2.24, 2.45) is 5.92 Å². The van der Waals surface area contributed by atoms with Crippen LogP contribution in [-0.4, -0.2) is 49.0 Å². The van der Waals surface area contributed by atoms with E-state index in [9.17, 15) is 9.59 Å². The number of rotatable bonds is 2. The fraction of sp³-hybridized carbons (Fsp3) is 0.467. The predicted molar refractivity (Wildman–Crippen MR) is 71.8 cm³/mol. The first kappa shape index (κ1) is 13.1. The van der Waals surface area contributed by atoms with Gasteiger partial charge in [0.05, 0.1) is 18.1 Å². The number of ketones is 1. The number of carbonyl (C=O) groups is 2. The van der Waals surface area contributed by atoms with Gasteiger partial charge >= 0.3 is 5.97 Å². The number of esters is 1. The minimum Gasteiger partial charge on any atom is -0.473 e. The van der Waals surface area contributed by atoms with Crippen LogP contribution < -0.4 is 4.74 Å². The molecule has 0 saturated carbocycles. The molecule has 0 aliphatic carbocycles. The smallest absolute Gasteiger partial charge is 0.352 e. The molecular weight excluding hydrogens is 258 g/mol. The molecule has 5 heteroatoms. The third-order valence-corrected chi connectivity index (χ3v) is 3.94. The number of ether oxygens (including phenoxy) is 2. The van der Waals surface area contributed by atoms with Crippen LogP contribution in [0.2, 0.25) is 0 Å². The molecular formula is C15H17NO4. The van der Waals surface area contributed by atoms with E-state index in [1.807, 2.05) is 11.9 Å². The van der Waals surface area contributed by atoms with Crippen molar-refractivity contribution in [3.63, 3.8) is 0 Å². The molecule has 0 bridgehead atoms. The first-order chi connectivity index (χ1) is 9.58. The Hall–Kier alpha value is -1.88. The van der Waals surface area contributed by atoms with Crippen LogP contribution in [0.4, 0.5) is 0 Å². The molecule has 0 amide bonds. The van der Waals surface area contributed by atoms with Gasteiger partial charge in [-0.25, -0.2) is 4.79 Å². The second-order valence-electron chi connectivity index (χ2n) is 5.32. The lowest BCUT2D eigenvalue weighted by molar-refractivity contribution is -0.163. The topological polar surface area (TPSA) is 55.8 Å². The van der Waals surface area contributed by atoms with Crippen molar-refractivity contribution >= 4 is 11.8 Å². The Labute approximate surface area is 117 Å². The van der Waals surface area contributed by atoms with E-state index in [-0.39, 0.29) is 12.4 Å². The van der Waals surface area contributed by atoms with Crippen LogP contribution in [0.1, 0.15) is 17.3 Å². The fourth-order valence-corrected chi connectivity index (χ4v) is 3.08. The molecule has 1 aromatic carbocycles. The van der Waals surface area contributed by atoms with E-state index in [1.165, 1.54) is 0 Å². The van der Waals surface area contributed by atoms with Crippen LogP contribution in [0.5, 0.6) is 5.75 Å². The van der Waals surface area contributed by atoms with Crippen molar-refractivity contribution in [3.05, 3.63) is 29.8 Å². The van der Waals surface area contributed by atoms with Gasteiger partial charge < -0.3 is 14.4 Å². The Bertz CT molecular complexity index is 571. The maximum Gasteiger partial charge on any atom is 0.352 e. The lowest BCUT2D eigenvalue weighted by Crippen LogP contribution is -2.57. The van der Waals surface area contributed by atoms with Crippen molar-refractivity contribution in [1.82, 2.24) is 4.90 Å². The monoisotopic (exact) mass is 275 g/mol. The maximum atomic E-state index is 12.6. The van der Waals surface area contributed by atoms with Crippen LogP contribution >= 0.6 is 0 Å². The van der Waals surface area contributed by atoms with Crippen LogP contribution in [-0.2, 0) is 9.53 Å². The van der Waals surface area contributed by atoms with E-state index in [2.05, 4.69) is 0 Å². The molecule has 0 unspecified atom stereocenters. The van der Waals surface area contributed by atoms with Crippen molar-refractivity contribution in [2.75, 3.05) is 26.7 Å². The summed E-state index contributed by atoms with van der Waals surface area (Å²) in [7, 11) is 1.88. The lowest BCUT2D eigenvalue weighted by Gasteiger charge is -2.36. The molecule has 106 valence electrons. The van der Waals surface area contributed by atoms with Crippen molar-refractivity contribution in [3.8, 4) is 5.75 Å². The maximum absolute atomic E-state index is 12.6. The SMILES string of the molecule is CCOC(=O)[C@]12CN(C)C[C@H]1C(=O)c1ccccc1O2. The van der Waals surface area contributed by atoms with Gasteiger partial charge in [-0.15, -0.1) is 0 Å². The zero-order chi connectivity index (χ0) is 14.3. The molecule has 2 aliphatic rings. The van der Waals surface area contributed by atoms with Crippen LogP contribution in [0.25, 0.3) is 0 Å². The van der Waals surface area contributed by atoms with Gasteiger partial charge in [-0.2, -0.15) is 0 Å². The Morgan fingerprint density at radius 3 is 3.00 bits per heavy atom. The van der Waals surface area contributed by atoms with Gasteiger partial charge in [-0.05, 0) is 26.1 Å². The van der Waals surface area contributed by atoms with Crippen molar-refractivity contribution < 1.29 is 19.1 Å². The summed E-state index contributed by atoms with van der Waals surface area (Å²) in [6, 6.07) is 7.06. The van der Waals surface area contributed by atoms with E-state index in [0.717, 1.165) is 0 Å². The highest BCUT2D eigenvalue weighted by Crippen LogP contribution is 2.42. The lowest BCUT2D eigenvalue weighted by atomic mass is 9.81. The summed E-state index contributed by atoms with van der Waals surface area (Å²) in [5.41, 5.74) is -0.649. The molecule has 1 saturated heterocycles. The highest BCUT2D eigenvalue weighted by atomic mass is 16.6. The molecule has 3 rings (SSSR count). The number of likely N-dealkylation sites (tertiary alicyclic amines) is 1. The Balaban J connectivity index is 2.08. The summed E-state index contributed by atoms with van der Waals surface area (Å²) in [5.74, 6) is -0.514. The third-order valence-electron chi connectivity index (χ3n) is 3.94. The van der Waals surface area contributed by atoms with Gasteiger partial charge in [-0.1, -0.05) is 12.1 Å². The molecule has 0 spiro atoms. The summed E-state index contributed by atoms with van der Waals surface area (Å²) in [6.07, 6.45) is 0. The highest BCUT2D eigenvalue weighted by Gasteiger charge is 2.60. The molecule has 5 nitrogen and oxygen atoms in total. The van der Waals surface area contributed by atoms with Crippen LogP contribution in [0, 0.1) is 5.92 Å². The Kier molecular flexibility index (Phi) is 3.01. The van der Waals surface area contributed by atoms with Crippen LogP contribution in [0.3, 0.4) is 0 Å². The Morgan fingerprint density at radius 1 is 1.50 bits per heavy atom. The zero-order valence-electron chi connectivity index (χ0n) is 11.6. The fourth-order valence-electron chi connectivity index (χ4n) is 3.08. The molecule has 2 aliphatic heterocycles. The number of carbonyl (C=O) groups excluding carboxylic acids is 2. The zero-order valence-corrected chi connectivity index (χ0v) is 11.6. The van der Waals surface area contributed by atoms with E-state index >= 15 is 0 Å². The van der Waals surface area contributed by atoms with Crippen LogP contribution in [0.15, 0.2) is 24.3 Å². The molecule has 0 N–H and O–H groups in total. The summed E-state index contributed by atoms with van der Waals surface area (Å²) < 4.78 is 11.1. The summed E-state index contributed by atoms with van der Waals surface area (Å²) >= 11 is 0. The number of hydrogen-bond donors (Lipinski definition) is 0. The van der Waals surface area contributed by atoms with Gasteiger partial charge in [0.25, 0.3) is 0 Å². The second kappa shape index (κ2) is 4.59. The number of Topliss-reactive ketones (excluding diaryl/α,β-unsaturated/α-hetero) is 1. The molecule has 0 aromatic heterocycles. The van der Waals surface area contributed by atoms with E-state index in [1.54, 1.807) is 31.2 Å². The van der Waals surface area contributed by atoms with E-state index < -0.39 is 17.5 Å². The number of benzene rings is 1. The average molecular weight is 275 g/mol. The number of para-hydroxylation sites is 1. The van der Waals surface area contributed by atoms with Gasteiger partial charge in [-0.3, -0.25) is 4.79 Å². The molecule has 1 fully saturated rings.